The van der Waals surface area contributed by atoms with E-state index in [4.69, 9.17) is 8.84 Å². The van der Waals surface area contributed by atoms with Crippen molar-refractivity contribution >= 4 is 20.2 Å². The largest absolute Gasteiger partial charge is 0.544 e. The predicted octanol–water partition coefficient (Wildman–Crippen LogP) is 4.63. The fraction of sp³-hybridized carbons (Fsp3) is 0.200. The summed E-state index contributed by atoms with van der Waals surface area (Å²) in [5.41, 5.74) is 2.12. The lowest BCUT2D eigenvalue weighted by Gasteiger charge is -2.21. The van der Waals surface area contributed by atoms with Gasteiger partial charge in [0.15, 0.2) is 0 Å². The van der Waals surface area contributed by atoms with Crippen molar-refractivity contribution in [1.82, 2.24) is 0 Å². The number of benzene rings is 1. The van der Waals surface area contributed by atoms with Crippen molar-refractivity contribution in [1.29, 1.82) is 0 Å². The highest BCUT2D eigenvalue weighted by atomic mass is 28.4. The highest BCUT2D eigenvalue weighted by Gasteiger charge is 2.19. The Balaban J connectivity index is 2.34. The summed E-state index contributed by atoms with van der Waals surface area (Å²) in [5.74, 6) is 0.883. The van der Waals surface area contributed by atoms with E-state index in [2.05, 4.69) is 37.8 Å². The first-order valence-corrected chi connectivity index (χ1v) is 9.44. The summed E-state index contributed by atoms with van der Waals surface area (Å²) in [6.07, 6.45) is 5.44. The van der Waals surface area contributed by atoms with Crippen LogP contribution in [0.3, 0.4) is 0 Å². The molecule has 0 fully saturated rings. The van der Waals surface area contributed by atoms with Gasteiger partial charge in [0.2, 0.25) is 8.32 Å². The second-order valence-corrected chi connectivity index (χ2v) is 9.57. The molecule has 0 bridgehead atoms. The molecule has 2 nitrogen and oxygen atoms in total. The van der Waals surface area contributed by atoms with Crippen molar-refractivity contribution in [2.45, 2.75) is 19.6 Å². The molecule has 2 aromatic rings. The molecular weight excluding hydrogens is 240 g/mol. The van der Waals surface area contributed by atoms with Crippen LogP contribution in [0.15, 0.2) is 53.3 Å². The highest BCUT2D eigenvalue weighted by Crippen LogP contribution is 2.24. The van der Waals surface area contributed by atoms with E-state index in [0.29, 0.717) is 0 Å². The van der Waals surface area contributed by atoms with Crippen LogP contribution in [-0.2, 0) is 4.43 Å². The van der Waals surface area contributed by atoms with Gasteiger partial charge in [-0.25, -0.2) is 0 Å². The summed E-state index contributed by atoms with van der Waals surface area (Å²) in [4.78, 5) is 0. The maximum atomic E-state index is 6.13. The Kier molecular flexibility index (Phi) is 3.72. The topological polar surface area (TPSA) is 22.4 Å². The fourth-order valence-corrected chi connectivity index (χ4v) is 2.44. The molecule has 0 aliphatic carbocycles. The third-order valence-electron chi connectivity index (χ3n) is 2.32. The first-order valence-electron chi connectivity index (χ1n) is 6.03. The normalized spacial score (nSPS) is 12.5. The van der Waals surface area contributed by atoms with E-state index in [1.54, 1.807) is 12.5 Å². The maximum absolute atomic E-state index is 6.13. The molecule has 0 amide bonds. The van der Waals surface area contributed by atoms with Crippen LogP contribution in [0, 0.1) is 0 Å². The Morgan fingerprint density at radius 3 is 2.39 bits per heavy atom. The Bertz CT molecular complexity index is 507. The highest BCUT2D eigenvalue weighted by molar-refractivity contribution is 6.70. The Hall–Kier alpha value is -1.74. The molecule has 3 heteroatoms. The van der Waals surface area contributed by atoms with Crippen LogP contribution in [0.1, 0.15) is 11.1 Å². The average Bonchev–Trinajstić information content (AvgIpc) is 2.81. The van der Waals surface area contributed by atoms with Crippen molar-refractivity contribution in [3.05, 3.63) is 60.1 Å². The van der Waals surface area contributed by atoms with Gasteiger partial charge in [0, 0.05) is 0 Å². The number of furan rings is 1. The molecule has 0 saturated heterocycles. The van der Waals surface area contributed by atoms with Crippen LogP contribution in [0.4, 0.5) is 0 Å². The Morgan fingerprint density at radius 1 is 1.11 bits per heavy atom. The molecule has 18 heavy (non-hydrogen) atoms. The minimum atomic E-state index is -1.64. The van der Waals surface area contributed by atoms with Crippen LogP contribution < -0.4 is 0 Å². The molecule has 0 N–H and O–H groups in total. The molecule has 0 atom stereocenters. The van der Waals surface area contributed by atoms with Gasteiger partial charge in [0.05, 0.1) is 11.8 Å². The van der Waals surface area contributed by atoms with Gasteiger partial charge in [0.25, 0.3) is 0 Å². The van der Waals surface area contributed by atoms with Crippen LogP contribution in [0.2, 0.25) is 19.6 Å². The molecule has 0 radical (unpaired) electrons. The van der Waals surface area contributed by atoms with Crippen molar-refractivity contribution in [2.75, 3.05) is 0 Å². The first kappa shape index (κ1) is 12.7. The minimum absolute atomic E-state index is 0.883. The average molecular weight is 258 g/mol. The maximum Gasteiger partial charge on any atom is 0.242 e. The summed E-state index contributed by atoms with van der Waals surface area (Å²) >= 11 is 0. The second kappa shape index (κ2) is 5.27. The number of hydrogen-bond donors (Lipinski definition) is 0. The molecule has 0 aliphatic heterocycles. The van der Waals surface area contributed by atoms with Crippen molar-refractivity contribution in [3.8, 4) is 0 Å². The zero-order valence-electron chi connectivity index (χ0n) is 11.0. The van der Waals surface area contributed by atoms with E-state index in [0.717, 1.165) is 16.9 Å². The molecule has 1 heterocycles. The van der Waals surface area contributed by atoms with E-state index < -0.39 is 8.32 Å². The quantitative estimate of drug-likeness (QED) is 0.589. The van der Waals surface area contributed by atoms with Crippen molar-refractivity contribution in [3.63, 3.8) is 0 Å². The standard InChI is InChI=1S/C15H18O2Si/c1-18(2,3)17-15(14-9-10-16-12-14)11-13-7-5-4-6-8-13/h4-12H,1-3H3. The molecule has 94 valence electrons. The minimum Gasteiger partial charge on any atom is -0.544 e. The van der Waals surface area contributed by atoms with E-state index in [-0.39, 0.29) is 0 Å². The van der Waals surface area contributed by atoms with E-state index >= 15 is 0 Å². The molecular formula is C15H18O2Si. The summed E-state index contributed by atoms with van der Waals surface area (Å²) < 4.78 is 11.3. The molecule has 0 unspecified atom stereocenters. The van der Waals surface area contributed by atoms with Crippen molar-refractivity contribution in [2.24, 2.45) is 0 Å². The van der Waals surface area contributed by atoms with E-state index in [1.165, 1.54) is 0 Å². The Morgan fingerprint density at radius 2 is 1.83 bits per heavy atom. The molecule has 2 rings (SSSR count). The lowest BCUT2D eigenvalue weighted by molar-refractivity contribution is 0.513. The smallest absolute Gasteiger partial charge is 0.242 e. The lowest BCUT2D eigenvalue weighted by atomic mass is 10.1. The van der Waals surface area contributed by atoms with Gasteiger partial charge in [-0.1, -0.05) is 30.3 Å². The SMILES string of the molecule is C[Si](C)(C)OC(=Cc1ccccc1)c1ccoc1. The van der Waals surface area contributed by atoms with Gasteiger partial charge in [-0.15, -0.1) is 0 Å². The van der Waals surface area contributed by atoms with Crippen molar-refractivity contribution < 1.29 is 8.84 Å². The fourth-order valence-electron chi connectivity index (χ4n) is 1.61. The van der Waals surface area contributed by atoms with Gasteiger partial charge in [-0.3, -0.25) is 0 Å². The zero-order chi connectivity index (χ0) is 13.0. The summed E-state index contributed by atoms with van der Waals surface area (Å²) in [6, 6.07) is 12.1. The van der Waals surface area contributed by atoms with Crippen LogP contribution in [0.5, 0.6) is 0 Å². The summed E-state index contributed by atoms with van der Waals surface area (Å²) in [6.45, 7) is 6.52. The van der Waals surface area contributed by atoms with E-state index in [9.17, 15) is 0 Å². The van der Waals surface area contributed by atoms with Crippen LogP contribution in [0.25, 0.3) is 11.8 Å². The molecule has 0 aliphatic rings. The third-order valence-corrected chi connectivity index (χ3v) is 3.15. The van der Waals surface area contributed by atoms with Crippen LogP contribution >= 0.6 is 0 Å². The van der Waals surface area contributed by atoms with Gasteiger partial charge < -0.3 is 8.84 Å². The first-order chi connectivity index (χ1) is 8.54. The molecule has 1 aromatic carbocycles. The summed E-state index contributed by atoms with van der Waals surface area (Å²) in [5, 5.41) is 0. The third kappa shape index (κ3) is 3.63. The summed E-state index contributed by atoms with van der Waals surface area (Å²) in [7, 11) is -1.64. The van der Waals surface area contributed by atoms with Gasteiger partial charge in [-0.2, -0.15) is 0 Å². The Labute approximate surface area is 109 Å². The second-order valence-electron chi connectivity index (χ2n) is 5.15. The lowest BCUT2D eigenvalue weighted by Crippen LogP contribution is -2.24. The van der Waals surface area contributed by atoms with Crippen LogP contribution in [-0.4, -0.2) is 8.32 Å². The van der Waals surface area contributed by atoms with Gasteiger partial charge in [-0.05, 0) is 37.3 Å². The number of hydrogen-bond acceptors (Lipinski definition) is 2. The monoisotopic (exact) mass is 258 g/mol. The molecule has 0 spiro atoms. The van der Waals surface area contributed by atoms with E-state index in [1.807, 2.05) is 24.3 Å². The zero-order valence-corrected chi connectivity index (χ0v) is 12.0. The number of rotatable bonds is 4. The molecule has 1 aromatic heterocycles. The predicted molar refractivity (Wildman–Crippen MR) is 77.5 cm³/mol. The molecule has 0 saturated carbocycles. The van der Waals surface area contributed by atoms with Gasteiger partial charge >= 0.3 is 0 Å². The van der Waals surface area contributed by atoms with Gasteiger partial charge in [0.1, 0.15) is 12.0 Å².